The minimum absolute atomic E-state index is 0.0676. The first-order valence-corrected chi connectivity index (χ1v) is 17.7. The molecule has 0 spiro atoms. The van der Waals surface area contributed by atoms with E-state index in [4.69, 9.17) is 21.1 Å². The Balaban J connectivity index is 1.65. The van der Waals surface area contributed by atoms with Gasteiger partial charge in [-0.05, 0) is 99.2 Å². The fourth-order valence-electron chi connectivity index (χ4n) is 5.92. The number of nitrogens with zero attached hydrogens (tertiary/aromatic N) is 2. The van der Waals surface area contributed by atoms with Gasteiger partial charge in [0.25, 0.3) is 5.91 Å². The van der Waals surface area contributed by atoms with Crippen molar-refractivity contribution in [1.82, 2.24) is 4.72 Å². The van der Waals surface area contributed by atoms with Crippen molar-refractivity contribution < 1.29 is 28.4 Å². The lowest BCUT2D eigenvalue weighted by Gasteiger charge is -2.42. The van der Waals surface area contributed by atoms with Gasteiger partial charge in [0.2, 0.25) is 5.91 Å². The van der Waals surface area contributed by atoms with Gasteiger partial charge in [-0.2, -0.15) is 0 Å². The first kappa shape index (κ1) is 33.4. The van der Waals surface area contributed by atoms with Gasteiger partial charge >= 0.3 is 0 Å². The van der Waals surface area contributed by atoms with Crippen LogP contribution < -0.4 is 14.4 Å². The number of hydrogen-bond donors (Lipinski definition) is 2. The van der Waals surface area contributed by atoms with Crippen LogP contribution in [0.1, 0.15) is 64.5 Å². The summed E-state index contributed by atoms with van der Waals surface area (Å²) in [7, 11) is -3.76. The number of anilines is 1. The van der Waals surface area contributed by atoms with Crippen LogP contribution >= 0.6 is 11.6 Å². The van der Waals surface area contributed by atoms with Crippen LogP contribution in [0.15, 0.2) is 57.8 Å². The Labute approximate surface area is 271 Å². The van der Waals surface area contributed by atoms with Crippen LogP contribution in [0.2, 0.25) is 5.02 Å². The van der Waals surface area contributed by atoms with E-state index in [0.29, 0.717) is 36.2 Å². The van der Waals surface area contributed by atoms with Gasteiger partial charge in [-0.3, -0.25) is 14.3 Å². The van der Waals surface area contributed by atoms with E-state index in [-0.39, 0.29) is 23.3 Å². The Kier molecular flexibility index (Phi) is 10.3. The molecule has 3 aliphatic rings. The highest BCUT2D eigenvalue weighted by atomic mass is 35.5. The van der Waals surface area contributed by atoms with Crippen LogP contribution in [0.25, 0.3) is 0 Å². The highest BCUT2D eigenvalue weighted by Crippen LogP contribution is 2.41. The van der Waals surface area contributed by atoms with Gasteiger partial charge in [0.05, 0.1) is 23.3 Å². The predicted octanol–water partition coefficient (Wildman–Crippen LogP) is 5.85. The summed E-state index contributed by atoms with van der Waals surface area (Å²) >= 11 is 6.33. The smallest absolute Gasteiger partial charge is 0.287 e. The maximum absolute atomic E-state index is 14.7. The Hall–Kier alpha value is -2.92. The maximum Gasteiger partial charge on any atom is 0.287 e. The van der Waals surface area contributed by atoms with Crippen molar-refractivity contribution in [3.8, 4) is 5.75 Å². The van der Waals surface area contributed by atoms with Gasteiger partial charge in [0.1, 0.15) is 18.0 Å². The number of benzene rings is 2. The van der Waals surface area contributed by atoms with Crippen molar-refractivity contribution in [2.24, 2.45) is 22.1 Å². The van der Waals surface area contributed by atoms with Crippen LogP contribution in [0.4, 0.5) is 5.69 Å². The highest BCUT2D eigenvalue weighted by molar-refractivity contribution is 7.92. The summed E-state index contributed by atoms with van der Waals surface area (Å²) in [4.78, 5) is 28.9. The van der Waals surface area contributed by atoms with Crippen LogP contribution in [0.5, 0.6) is 5.75 Å². The molecule has 45 heavy (non-hydrogen) atoms. The third kappa shape index (κ3) is 7.73. The second kappa shape index (κ2) is 13.8. The normalized spacial score (nSPS) is 27.8. The monoisotopic (exact) mass is 657 g/mol. The number of nitrogens with one attached hydrogen (secondary N) is 1. The van der Waals surface area contributed by atoms with Gasteiger partial charge < -0.3 is 19.5 Å². The molecular weight excluding hydrogens is 614 g/mol. The van der Waals surface area contributed by atoms with Gasteiger partial charge in [0, 0.05) is 24.0 Å². The number of fused-ring (bicyclic) bond motifs is 3. The SMILES string of the molecule is CC(C)C(=O)NS1(=O)=NC(=O)C(C)(C)OC/C=C/[C@H](O)[C@@H]2CC[C@H]2CN2CCCCc3cc(Cl)ccc3COc3ccc1cc32. The molecule has 11 heteroatoms. The molecule has 1 unspecified atom stereocenters. The molecule has 5 rings (SSSR count). The van der Waals surface area contributed by atoms with E-state index in [2.05, 4.69) is 14.0 Å². The molecule has 2 heterocycles. The third-order valence-corrected chi connectivity index (χ3v) is 11.0. The summed E-state index contributed by atoms with van der Waals surface area (Å²) in [5, 5.41) is 11.7. The number of hydrogen-bond acceptors (Lipinski definition) is 7. The zero-order chi connectivity index (χ0) is 32.4. The molecule has 1 fully saturated rings. The predicted molar refractivity (Wildman–Crippen MR) is 176 cm³/mol. The fraction of sp³-hybridized carbons (Fsp3) is 0.529. The number of aliphatic hydroxyl groups is 1. The molecule has 2 bridgehead atoms. The third-order valence-electron chi connectivity index (χ3n) is 9.00. The summed E-state index contributed by atoms with van der Waals surface area (Å²) in [5.41, 5.74) is 1.47. The van der Waals surface area contributed by atoms with Crippen molar-refractivity contribution in [2.45, 2.75) is 83.0 Å². The van der Waals surface area contributed by atoms with Crippen molar-refractivity contribution in [1.29, 1.82) is 0 Å². The summed E-state index contributed by atoms with van der Waals surface area (Å²) in [5.74, 6) is -0.852. The van der Waals surface area contributed by atoms with Crippen LogP contribution in [-0.4, -0.2) is 52.5 Å². The van der Waals surface area contributed by atoms with Crippen molar-refractivity contribution in [3.63, 3.8) is 0 Å². The number of amides is 2. The van der Waals surface area contributed by atoms with E-state index in [1.165, 1.54) is 0 Å². The number of aliphatic hydroxyl groups excluding tert-OH is 1. The molecule has 9 nitrogen and oxygen atoms in total. The Morgan fingerprint density at radius 3 is 2.69 bits per heavy atom. The molecule has 2 aliphatic heterocycles. The van der Waals surface area contributed by atoms with Crippen molar-refractivity contribution in [2.75, 3.05) is 24.6 Å². The Bertz CT molecular complexity index is 1580. The molecule has 244 valence electrons. The maximum atomic E-state index is 14.7. The largest absolute Gasteiger partial charge is 0.487 e. The van der Waals surface area contributed by atoms with Crippen LogP contribution in [0, 0.1) is 17.8 Å². The molecule has 2 aromatic carbocycles. The number of carbonyl (C=O) groups is 2. The Morgan fingerprint density at radius 2 is 1.96 bits per heavy atom. The van der Waals surface area contributed by atoms with Gasteiger partial charge in [-0.1, -0.05) is 43.7 Å². The summed E-state index contributed by atoms with van der Waals surface area (Å²) in [6.07, 6.45) is 7.35. The number of aryl methyl sites for hydroxylation is 1. The molecule has 2 N–H and O–H groups in total. The standard InChI is InChI=1S/C34H44ClN3O6S/c1-22(2)32(40)36-45(42)27-13-15-31-29(19-27)38(16-6-5-8-23-18-26(35)12-10-25(23)21-43-31)20-24-11-14-28(24)30(39)9-7-17-44-34(3,4)33(41)37-45/h7,9-10,12-13,15,18-19,22,24,28,30,39H,5-6,8,11,14,16-17,20-21H2,1-4H3,(H,36,37,40,41,42)/b9-7+/t24-,28+,30-,45?/m0/s1. The molecule has 0 saturated heterocycles. The lowest BCUT2D eigenvalue weighted by atomic mass is 9.70. The van der Waals surface area contributed by atoms with E-state index in [1.807, 2.05) is 18.2 Å². The molecule has 1 saturated carbocycles. The van der Waals surface area contributed by atoms with E-state index < -0.39 is 39.4 Å². The first-order valence-electron chi connectivity index (χ1n) is 15.8. The lowest BCUT2D eigenvalue weighted by molar-refractivity contribution is -0.137. The topological polar surface area (TPSA) is 118 Å². The minimum atomic E-state index is -3.76. The quantitative estimate of drug-likeness (QED) is 0.389. The summed E-state index contributed by atoms with van der Waals surface area (Å²) in [6, 6.07) is 10.9. The zero-order valence-electron chi connectivity index (χ0n) is 26.5. The van der Waals surface area contributed by atoms with E-state index in [1.54, 1.807) is 58.0 Å². The molecule has 2 aromatic rings. The average molecular weight is 658 g/mol. The average Bonchev–Trinajstić information content (AvgIpc) is 3.00. The highest BCUT2D eigenvalue weighted by Gasteiger charge is 2.37. The molecule has 2 amide bonds. The van der Waals surface area contributed by atoms with E-state index in [9.17, 15) is 18.9 Å². The van der Waals surface area contributed by atoms with Crippen LogP contribution in [0.3, 0.4) is 0 Å². The van der Waals surface area contributed by atoms with Crippen LogP contribution in [-0.2, 0) is 37.3 Å². The lowest BCUT2D eigenvalue weighted by Crippen LogP contribution is -2.43. The molecule has 1 aliphatic carbocycles. The van der Waals surface area contributed by atoms with Crippen molar-refractivity contribution in [3.05, 3.63) is 64.7 Å². The summed E-state index contributed by atoms with van der Waals surface area (Å²) in [6.45, 7) is 8.22. The molecule has 0 radical (unpaired) electrons. The zero-order valence-corrected chi connectivity index (χ0v) is 28.0. The van der Waals surface area contributed by atoms with E-state index >= 15 is 0 Å². The second-order valence-electron chi connectivity index (χ2n) is 13.0. The summed E-state index contributed by atoms with van der Waals surface area (Å²) < 4.78 is 33.7. The Morgan fingerprint density at radius 1 is 1.16 bits per heavy atom. The number of ether oxygens (including phenoxy) is 2. The molecular formula is C34H44ClN3O6S. The van der Waals surface area contributed by atoms with E-state index in [0.717, 1.165) is 43.2 Å². The molecule has 0 aromatic heterocycles. The number of carbonyl (C=O) groups excluding carboxylic acids is 2. The molecule has 4 atom stereocenters. The van der Waals surface area contributed by atoms with Gasteiger partial charge in [-0.25, -0.2) is 4.21 Å². The van der Waals surface area contributed by atoms with Gasteiger partial charge in [0.15, 0.2) is 9.92 Å². The fourth-order valence-corrected chi connectivity index (χ4v) is 7.86. The van der Waals surface area contributed by atoms with Gasteiger partial charge in [-0.15, -0.1) is 4.36 Å². The number of halogens is 1. The van der Waals surface area contributed by atoms with Crippen molar-refractivity contribution >= 4 is 39.0 Å². The minimum Gasteiger partial charge on any atom is -0.487 e. The first-order chi connectivity index (χ1) is 21.4. The number of rotatable bonds is 2. The second-order valence-corrected chi connectivity index (χ2v) is 15.4.